The molecule has 0 aliphatic heterocycles. The van der Waals surface area contributed by atoms with Crippen LogP contribution in [0.15, 0.2) is 0 Å². The molecule has 10 heavy (non-hydrogen) atoms. The molecule has 0 aromatic heterocycles. The highest BCUT2D eigenvalue weighted by molar-refractivity contribution is 5.84. The van der Waals surface area contributed by atoms with Crippen LogP contribution in [0.5, 0.6) is 0 Å². The van der Waals surface area contributed by atoms with E-state index in [9.17, 15) is 4.79 Å². The SMILES string of the molecule is CCC(C)(C#N)C(=O)NC. The molecule has 3 nitrogen and oxygen atoms in total. The summed E-state index contributed by atoms with van der Waals surface area (Å²) in [5.41, 5.74) is -0.852. The van der Waals surface area contributed by atoms with Crippen molar-refractivity contribution in [1.29, 1.82) is 5.26 Å². The van der Waals surface area contributed by atoms with Gasteiger partial charge in [-0.05, 0) is 13.3 Å². The highest BCUT2D eigenvalue weighted by atomic mass is 16.2. The van der Waals surface area contributed by atoms with E-state index in [0.29, 0.717) is 6.42 Å². The average molecular weight is 140 g/mol. The van der Waals surface area contributed by atoms with Crippen LogP contribution in [0.4, 0.5) is 0 Å². The summed E-state index contributed by atoms with van der Waals surface area (Å²) in [6.07, 6.45) is 0.545. The quantitative estimate of drug-likeness (QED) is 0.613. The molecule has 0 spiro atoms. The van der Waals surface area contributed by atoms with E-state index >= 15 is 0 Å². The monoisotopic (exact) mass is 140 g/mol. The molecule has 0 rings (SSSR count). The molecule has 0 saturated heterocycles. The van der Waals surface area contributed by atoms with Crippen molar-refractivity contribution in [2.75, 3.05) is 7.05 Å². The molecule has 0 aliphatic carbocycles. The van der Waals surface area contributed by atoms with Gasteiger partial charge in [-0.3, -0.25) is 4.79 Å². The van der Waals surface area contributed by atoms with E-state index in [-0.39, 0.29) is 5.91 Å². The molecule has 3 heteroatoms. The summed E-state index contributed by atoms with van der Waals surface area (Å²) in [6.45, 7) is 3.45. The average Bonchev–Trinajstić information content (AvgIpc) is 2.01. The van der Waals surface area contributed by atoms with E-state index in [2.05, 4.69) is 5.32 Å². The lowest BCUT2D eigenvalue weighted by molar-refractivity contribution is -0.127. The van der Waals surface area contributed by atoms with Gasteiger partial charge < -0.3 is 5.32 Å². The molecule has 1 N–H and O–H groups in total. The van der Waals surface area contributed by atoms with Crippen LogP contribution in [-0.2, 0) is 4.79 Å². The van der Waals surface area contributed by atoms with Crippen molar-refractivity contribution < 1.29 is 4.79 Å². The fourth-order valence-corrected chi connectivity index (χ4v) is 0.566. The fourth-order valence-electron chi connectivity index (χ4n) is 0.566. The first kappa shape index (κ1) is 8.96. The molecule has 0 aromatic carbocycles. The van der Waals surface area contributed by atoms with Gasteiger partial charge in [0.2, 0.25) is 5.91 Å². The number of nitriles is 1. The Labute approximate surface area is 61.0 Å². The van der Waals surface area contributed by atoms with E-state index in [1.54, 1.807) is 6.92 Å². The van der Waals surface area contributed by atoms with Gasteiger partial charge in [-0.15, -0.1) is 0 Å². The van der Waals surface area contributed by atoms with Crippen LogP contribution in [0.25, 0.3) is 0 Å². The number of nitrogens with zero attached hydrogens (tertiary/aromatic N) is 1. The van der Waals surface area contributed by atoms with Crippen molar-refractivity contribution in [1.82, 2.24) is 5.32 Å². The zero-order valence-electron chi connectivity index (χ0n) is 6.56. The van der Waals surface area contributed by atoms with Crippen molar-refractivity contribution in [3.05, 3.63) is 0 Å². The molecule has 0 saturated carbocycles. The minimum atomic E-state index is -0.852. The largest absolute Gasteiger partial charge is 0.358 e. The fraction of sp³-hybridized carbons (Fsp3) is 0.714. The van der Waals surface area contributed by atoms with Crippen LogP contribution in [-0.4, -0.2) is 13.0 Å². The number of rotatable bonds is 2. The normalized spacial score (nSPS) is 15.0. The maximum atomic E-state index is 11.0. The molecular formula is C7H12N2O. The molecule has 1 unspecified atom stereocenters. The Morgan fingerprint density at radius 2 is 2.30 bits per heavy atom. The zero-order chi connectivity index (χ0) is 8.20. The zero-order valence-corrected chi connectivity index (χ0v) is 6.56. The lowest BCUT2D eigenvalue weighted by Gasteiger charge is -2.15. The molecule has 0 aromatic rings. The van der Waals surface area contributed by atoms with Crippen LogP contribution in [0.1, 0.15) is 20.3 Å². The van der Waals surface area contributed by atoms with Crippen molar-refractivity contribution in [3.8, 4) is 6.07 Å². The second-order valence-corrected chi connectivity index (χ2v) is 2.38. The standard InChI is InChI=1S/C7H12N2O/c1-4-7(2,5-8)6(10)9-3/h4H2,1-3H3,(H,9,10). The Hall–Kier alpha value is -1.04. The number of hydrogen-bond acceptors (Lipinski definition) is 2. The van der Waals surface area contributed by atoms with Gasteiger partial charge in [-0.25, -0.2) is 0 Å². The first-order valence-electron chi connectivity index (χ1n) is 3.24. The summed E-state index contributed by atoms with van der Waals surface area (Å²) in [5.74, 6) is -0.211. The molecule has 0 aliphatic rings. The van der Waals surface area contributed by atoms with Crippen molar-refractivity contribution in [2.24, 2.45) is 5.41 Å². The Kier molecular flexibility index (Phi) is 2.88. The topological polar surface area (TPSA) is 52.9 Å². The van der Waals surface area contributed by atoms with E-state index in [0.717, 1.165) is 0 Å². The number of nitrogens with one attached hydrogen (secondary N) is 1. The maximum Gasteiger partial charge on any atom is 0.239 e. The molecule has 56 valence electrons. The molecule has 0 bridgehead atoms. The summed E-state index contributed by atoms with van der Waals surface area (Å²) in [7, 11) is 1.54. The number of hydrogen-bond donors (Lipinski definition) is 1. The molecule has 1 atom stereocenters. The van der Waals surface area contributed by atoms with Crippen LogP contribution < -0.4 is 5.32 Å². The Morgan fingerprint density at radius 3 is 2.40 bits per heavy atom. The van der Waals surface area contributed by atoms with E-state index < -0.39 is 5.41 Å². The lowest BCUT2D eigenvalue weighted by atomic mass is 9.89. The molecule has 0 heterocycles. The van der Waals surface area contributed by atoms with Gasteiger partial charge in [0.25, 0.3) is 0 Å². The highest BCUT2D eigenvalue weighted by Crippen LogP contribution is 2.18. The van der Waals surface area contributed by atoms with Crippen LogP contribution >= 0.6 is 0 Å². The Bertz CT molecular complexity index is 171. The van der Waals surface area contributed by atoms with E-state index in [4.69, 9.17) is 5.26 Å². The third-order valence-corrected chi connectivity index (χ3v) is 1.68. The first-order chi connectivity index (χ1) is 4.60. The van der Waals surface area contributed by atoms with Crippen molar-refractivity contribution in [3.63, 3.8) is 0 Å². The van der Waals surface area contributed by atoms with Gasteiger partial charge in [0.05, 0.1) is 6.07 Å². The summed E-state index contributed by atoms with van der Waals surface area (Å²) in [6, 6.07) is 1.97. The van der Waals surface area contributed by atoms with Gasteiger partial charge in [0, 0.05) is 7.05 Å². The van der Waals surface area contributed by atoms with Crippen LogP contribution in [0, 0.1) is 16.7 Å². The summed E-state index contributed by atoms with van der Waals surface area (Å²) in [4.78, 5) is 11.0. The molecule has 0 fully saturated rings. The summed E-state index contributed by atoms with van der Waals surface area (Å²) >= 11 is 0. The maximum absolute atomic E-state index is 11.0. The van der Waals surface area contributed by atoms with Gasteiger partial charge in [0.1, 0.15) is 5.41 Å². The van der Waals surface area contributed by atoms with Crippen LogP contribution in [0.2, 0.25) is 0 Å². The third kappa shape index (κ3) is 1.47. The van der Waals surface area contributed by atoms with E-state index in [1.165, 1.54) is 7.05 Å². The number of amides is 1. The predicted molar refractivity (Wildman–Crippen MR) is 38.1 cm³/mol. The van der Waals surface area contributed by atoms with E-state index in [1.807, 2.05) is 13.0 Å². The smallest absolute Gasteiger partial charge is 0.239 e. The Morgan fingerprint density at radius 1 is 1.80 bits per heavy atom. The second-order valence-electron chi connectivity index (χ2n) is 2.38. The van der Waals surface area contributed by atoms with Crippen molar-refractivity contribution in [2.45, 2.75) is 20.3 Å². The summed E-state index contributed by atoms with van der Waals surface area (Å²) in [5, 5.41) is 11.0. The van der Waals surface area contributed by atoms with Gasteiger partial charge in [0.15, 0.2) is 0 Å². The van der Waals surface area contributed by atoms with Crippen molar-refractivity contribution >= 4 is 5.91 Å². The van der Waals surface area contributed by atoms with Crippen LogP contribution in [0.3, 0.4) is 0 Å². The van der Waals surface area contributed by atoms with Gasteiger partial charge in [-0.2, -0.15) is 5.26 Å². The molecule has 0 radical (unpaired) electrons. The third-order valence-electron chi connectivity index (χ3n) is 1.68. The molecule has 1 amide bonds. The van der Waals surface area contributed by atoms with Gasteiger partial charge in [-0.1, -0.05) is 6.92 Å². The molecular weight excluding hydrogens is 128 g/mol. The second kappa shape index (κ2) is 3.21. The number of carbonyl (C=O) groups is 1. The highest BCUT2D eigenvalue weighted by Gasteiger charge is 2.29. The Balaban J connectivity index is 4.37. The van der Waals surface area contributed by atoms with Gasteiger partial charge >= 0.3 is 0 Å². The first-order valence-corrected chi connectivity index (χ1v) is 3.24. The number of carbonyl (C=O) groups excluding carboxylic acids is 1. The summed E-state index contributed by atoms with van der Waals surface area (Å²) < 4.78 is 0. The minimum absolute atomic E-state index is 0.211. The minimum Gasteiger partial charge on any atom is -0.358 e. The predicted octanol–water partition coefficient (Wildman–Crippen LogP) is 0.672. The lowest BCUT2D eigenvalue weighted by Crippen LogP contribution is -2.35.